The topological polar surface area (TPSA) is 15.3 Å². The maximum absolute atomic E-state index is 3.42. The molecule has 4 atom stereocenters. The normalized spacial score (nSPS) is 37.7. The van der Waals surface area contributed by atoms with Gasteiger partial charge in [-0.1, -0.05) is 33.6 Å². The van der Waals surface area contributed by atoms with Crippen LogP contribution < -0.4 is 5.32 Å². The largest absolute Gasteiger partial charge is 0.318 e. The van der Waals surface area contributed by atoms with Crippen LogP contribution in [0.15, 0.2) is 0 Å². The second-order valence-corrected chi connectivity index (χ2v) is 7.34. The number of piperidine rings is 1. The van der Waals surface area contributed by atoms with Gasteiger partial charge in [0.25, 0.3) is 0 Å². The Morgan fingerprint density at radius 2 is 1.95 bits per heavy atom. The van der Waals surface area contributed by atoms with Crippen molar-refractivity contribution < 1.29 is 0 Å². The van der Waals surface area contributed by atoms with Crippen LogP contribution in [0.5, 0.6) is 0 Å². The van der Waals surface area contributed by atoms with Crippen LogP contribution in [0.1, 0.15) is 59.3 Å². The van der Waals surface area contributed by atoms with Crippen LogP contribution in [0.4, 0.5) is 0 Å². The van der Waals surface area contributed by atoms with E-state index in [2.05, 4.69) is 38.0 Å². The van der Waals surface area contributed by atoms with Crippen LogP contribution in [0.3, 0.4) is 0 Å². The molecule has 2 heteroatoms. The van der Waals surface area contributed by atoms with Gasteiger partial charge < -0.3 is 5.32 Å². The molecule has 1 saturated heterocycles. The smallest absolute Gasteiger partial charge is 0.0223 e. The summed E-state index contributed by atoms with van der Waals surface area (Å²) in [6, 6.07) is 1.64. The second-order valence-electron chi connectivity index (χ2n) is 7.34. The van der Waals surface area contributed by atoms with Gasteiger partial charge in [0.2, 0.25) is 0 Å². The summed E-state index contributed by atoms with van der Waals surface area (Å²) in [6.45, 7) is 9.85. The molecule has 2 rings (SSSR count). The molecule has 112 valence electrons. The quantitative estimate of drug-likeness (QED) is 0.837. The van der Waals surface area contributed by atoms with Gasteiger partial charge in [-0.3, -0.25) is 4.90 Å². The zero-order valence-electron chi connectivity index (χ0n) is 13.5. The van der Waals surface area contributed by atoms with Gasteiger partial charge >= 0.3 is 0 Å². The standard InChI is InChI=1S/C17H34N2/c1-13(2)16-9-8-14(3)11-17(16)19-10-6-5-7-15(19)12-18-4/h13-18H,5-12H2,1-4H3. The van der Waals surface area contributed by atoms with Crippen molar-refractivity contribution in [2.24, 2.45) is 17.8 Å². The van der Waals surface area contributed by atoms with Crippen molar-refractivity contribution >= 4 is 0 Å². The fourth-order valence-corrected chi connectivity index (χ4v) is 4.45. The Hall–Kier alpha value is -0.0800. The molecular weight excluding hydrogens is 232 g/mol. The lowest BCUT2D eigenvalue weighted by atomic mass is 9.72. The van der Waals surface area contributed by atoms with Crippen molar-refractivity contribution in [2.45, 2.75) is 71.4 Å². The highest BCUT2D eigenvalue weighted by molar-refractivity contribution is 4.92. The van der Waals surface area contributed by atoms with E-state index in [0.717, 1.165) is 29.8 Å². The summed E-state index contributed by atoms with van der Waals surface area (Å²) in [7, 11) is 2.11. The predicted molar refractivity (Wildman–Crippen MR) is 83.4 cm³/mol. The number of nitrogens with zero attached hydrogens (tertiary/aromatic N) is 1. The molecule has 0 aromatic carbocycles. The lowest BCUT2D eigenvalue weighted by Crippen LogP contribution is -2.54. The fraction of sp³-hybridized carbons (Fsp3) is 1.00. The van der Waals surface area contributed by atoms with Gasteiger partial charge in [0.05, 0.1) is 0 Å². The molecule has 0 spiro atoms. The molecule has 1 heterocycles. The van der Waals surface area contributed by atoms with Crippen molar-refractivity contribution in [1.82, 2.24) is 10.2 Å². The molecule has 2 nitrogen and oxygen atoms in total. The van der Waals surface area contributed by atoms with Crippen LogP contribution in [-0.4, -0.2) is 37.1 Å². The summed E-state index contributed by atoms with van der Waals surface area (Å²) in [5.41, 5.74) is 0. The minimum atomic E-state index is 0.787. The van der Waals surface area contributed by atoms with E-state index in [1.807, 2.05) is 0 Å². The van der Waals surface area contributed by atoms with E-state index in [9.17, 15) is 0 Å². The molecule has 0 aromatic rings. The van der Waals surface area contributed by atoms with E-state index in [1.54, 1.807) is 0 Å². The number of rotatable bonds is 4. The zero-order valence-corrected chi connectivity index (χ0v) is 13.5. The third-order valence-electron chi connectivity index (χ3n) is 5.53. The fourth-order valence-electron chi connectivity index (χ4n) is 4.45. The first-order chi connectivity index (χ1) is 9.13. The molecule has 2 aliphatic rings. The van der Waals surface area contributed by atoms with Crippen LogP contribution in [0.25, 0.3) is 0 Å². The van der Waals surface area contributed by atoms with Gasteiger partial charge in [-0.15, -0.1) is 0 Å². The molecule has 1 aliphatic carbocycles. The van der Waals surface area contributed by atoms with Crippen molar-refractivity contribution in [3.8, 4) is 0 Å². The second kappa shape index (κ2) is 7.08. The summed E-state index contributed by atoms with van der Waals surface area (Å²) >= 11 is 0. The Bertz CT molecular complexity index is 262. The van der Waals surface area contributed by atoms with Crippen molar-refractivity contribution in [1.29, 1.82) is 0 Å². The van der Waals surface area contributed by atoms with E-state index < -0.39 is 0 Å². The molecule has 1 saturated carbocycles. The maximum atomic E-state index is 3.42. The van der Waals surface area contributed by atoms with Crippen LogP contribution >= 0.6 is 0 Å². The average Bonchev–Trinajstić information content (AvgIpc) is 2.39. The van der Waals surface area contributed by atoms with E-state index in [-0.39, 0.29) is 0 Å². The van der Waals surface area contributed by atoms with E-state index in [0.29, 0.717) is 0 Å². The minimum absolute atomic E-state index is 0.787. The highest BCUT2D eigenvalue weighted by atomic mass is 15.2. The highest BCUT2D eigenvalue weighted by Crippen LogP contribution is 2.38. The Morgan fingerprint density at radius 3 is 2.63 bits per heavy atom. The SMILES string of the molecule is CNCC1CCCCN1C1CC(C)CCC1C(C)C. The summed E-state index contributed by atoms with van der Waals surface area (Å²) < 4.78 is 0. The predicted octanol–water partition coefficient (Wildman–Crippen LogP) is 3.52. The first-order valence-electron chi connectivity index (χ1n) is 8.53. The summed E-state index contributed by atoms with van der Waals surface area (Å²) in [5, 5.41) is 3.42. The van der Waals surface area contributed by atoms with Crippen molar-refractivity contribution in [3.05, 3.63) is 0 Å². The molecule has 0 bridgehead atoms. The molecule has 0 radical (unpaired) electrons. The maximum Gasteiger partial charge on any atom is 0.0223 e. The Labute approximate surface area is 120 Å². The van der Waals surface area contributed by atoms with Crippen LogP contribution in [0, 0.1) is 17.8 Å². The molecule has 0 amide bonds. The third kappa shape index (κ3) is 3.72. The number of likely N-dealkylation sites (N-methyl/N-ethyl adjacent to an activating group) is 1. The summed E-state index contributed by atoms with van der Waals surface area (Å²) in [6.07, 6.45) is 8.57. The zero-order chi connectivity index (χ0) is 13.8. The number of nitrogens with one attached hydrogen (secondary N) is 1. The Morgan fingerprint density at radius 1 is 1.16 bits per heavy atom. The molecule has 1 aliphatic heterocycles. The average molecular weight is 266 g/mol. The lowest BCUT2D eigenvalue weighted by Gasteiger charge is -2.49. The number of likely N-dealkylation sites (tertiary alicyclic amines) is 1. The van der Waals surface area contributed by atoms with Crippen LogP contribution in [0.2, 0.25) is 0 Å². The van der Waals surface area contributed by atoms with Gasteiger partial charge in [0.1, 0.15) is 0 Å². The van der Waals surface area contributed by atoms with E-state index >= 15 is 0 Å². The molecule has 4 unspecified atom stereocenters. The van der Waals surface area contributed by atoms with Gasteiger partial charge in [0, 0.05) is 18.6 Å². The van der Waals surface area contributed by atoms with Crippen molar-refractivity contribution in [3.63, 3.8) is 0 Å². The lowest BCUT2D eigenvalue weighted by molar-refractivity contribution is 0.0110. The Balaban J connectivity index is 2.09. The number of hydrogen-bond donors (Lipinski definition) is 1. The van der Waals surface area contributed by atoms with Gasteiger partial charge in [-0.25, -0.2) is 0 Å². The van der Waals surface area contributed by atoms with E-state index in [4.69, 9.17) is 0 Å². The van der Waals surface area contributed by atoms with Gasteiger partial charge in [-0.05, 0) is 57.0 Å². The number of hydrogen-bond acceptors (Lipinski definition) is 2. The van der Waals surface area contributed by atoms with Gasteiger partial charge in [-0.2, -0.15) is 0 Å². The van der Waals surface area contributed by atoms with E-state index in [1.165, 1.54) is 51.6 Å². The van der Waals surface area contributed by atoms with Gasteiger partial charge in [0.15, 0.2) is 0 Å². The minimum Gasteiger partial charge on any atom is -0.318 e. The first-order valence-corrected chi connectivity index (χ1v) is 8.53. The molecule has 2 fully saturated rings. The summed E-state index contributed by atoms with van der Waals surface area (Å²) in [5.74, 6) is 2.69. The third-order valence-corrected chi connectivity index (χ3v) is 5.53. The Kier molecular flexibility index (Phi) is 5.70. The molecule has 19 heavy (non-hydrogen) atoms. The molecule has 0 aromatic heterocycles. The highest BCUT2D eigenvalue weighted by Gasteiger charge is 2.37. The molecular formula is C17H34N2. The first kappa shape index (κ1) is 15.3. The van der Waals surface area contributed by atoms with Crippen molar-refractivity contribution in [2.75, 3.05) is 20.1 Å². The monoisotopic (exact) mass is 266 g/mol. The molecule has 1 N–H and O–H groups in total. The van der Waals surface area contributed by atoms with Crippen LogP contribution in [-0.2, 0) is 0 Å². The summed E-state index contributed by atoms with van der Waals surface area (Å²) in [4.78, 5) is 2.89.